The number of nitrogens with zero attached hydrogens (tertiary/aromatic N) is 3. The third kappa shape index (κ3) is 6.68. The van der Waals surface area contributed by atoms with Gasteiger partial charge in [0.25, 0.3) is 0 Å². The second kappa shape index (κ2) is 11.7. The van der Waals surface area contributed by atoms with Crippen molar-refractivity contribution in [2.75, 3.05) is 67.6 Å². The van der Waals surface area contributed by atoms with Crippen molar-refractivity contribution in [1.82, 2.24) is 20.4 Å². The molecule has 0 radical (unpaired) electrons. The van der Waals surface area contributed by atoms with E-state index in [2.05, 4.69) is 41.3 Å². The van der Waals surface area contributed by atoms with Crippen LogP contribution in [0.5, 0.6) is 17.2 Å². The molecule has 1 unspecified atom stereocenters. The van der Waals surface area contributed by atoms with Gasteiger partial charge in [-0.25, -0.2) is 4.99 Å². The van der Waals surface area contributed by atoms with Gasteiger partial charge >= 0.3 is 0 Å². The van der Waals surface area contributed by atoms with Crippen molar-refractivity contribution in [2.24, 2.45) is 4.99 Å². The molecule has 1 saturated heterocycles. The van der Waals surface area contributed by atoms with Gasteiger partial charge in [0.1, 0.15) is 0 Å². The number of methoxy groups -OCH3 is 3. The molecule has 0 aromatic heterocycles. The molecule has 1 fully saturated rings. The van der Waals surface area contributed by atoms with Crippen molar-refractivity contribution >= 4 is 5.96 Å². The van der Waals surface area contributed by atoms with E-state index in [0.717, 1.165) is 50.8 Å². The number of rotatable bonds is 9. The number of guanidine groups is 1. The fraction of sp³-hybridized carbons (Fsp3) is 0.667. The van der Waals surface area contributed by atoms with Gasteiger partial charge in [-0.05, 0) is 38.6 Å². The molecule has 29 heavy (non-hydrogen) atoms. The van der Waals surface area contributed by atoms with Crippen molar-refractivity contribution < 1.29 is 14.2 Å². The highest BCUT2D eigenvalue weighted by Crippen LogP contribution is 2.38. The standard InChI is InChI=1S/C21H37N5O3/c1-7-22-21(23-14-16(2)26-10-8-25(3)9-11-26)24-15-17-12-18(27-4)20(29-6)19(13-17)28-5/h12-13,16H,7-11,14-15H2,1-6H3,(H2,22,23,24). The fourth-order valence-electron chi connectivity index (χ4n) is 3.37. The Hall–Kier alpha value is -2.19. The van der Waals surface area contributed by atoms with Crippen LogP contribution in [0.25, 0.3) is 0 Å². The molecule has 0 spiro atoms. The van der Waals surface area contributed by atoms with E-state index in [0.29, 0.717) is 29.8 Å². The highest BCUT2D eigenvalue weighted by Gasteiger charge is 2.19. The summed E-state index contributed by atoms with van der Waals surface area (Å²) in [4.78, 5) is 9.63. The monoisotopic (exact) mass is 407 g/mol. The summed E-state index contributed by atoms with van der Waals surface area (Å²) in [6.45, 7) is 11.0. The first-order valence-corrected chi connectivity index (χ1v) is 10.3. The van der Waals surface area contributed by atoms with Crippen molar-refractivity contribution in [3.63, 3.8) is 0 Å². The number of ether oxygens (including phenoxy) is 3. The Morgan fingerprint density at radius 2 is 1.66 bits per heavy atom. The molecular weight excluding hydrogens is 370 g/mol. The highest BCUT2D eigenvalue weighted by molar-refractivity contribution is 5.79. The number of piperazine rings is 1. The zero-order valence-electron chi connectivity index (χ0n) is 18.7. The Morgan fingerprint density at radius 1 is 1.03 bits per heavy atom. The zero-order valence-corrected chi connectivity index (χ0v) is 18.7. The van der Waals surface area contributed by atoms with Crippen LogP contribution in [0.4, 0.5) is 0 Å². The molecule has 1 aromatic rings. The maximum absolute atomic E-state index is 5.43. The van der Waals surface area contributed by atoms with Gasteiger partial charge < -0.3 is 29.7 Å². The second-order valence-electron chi connectivity index (χ2n) is 7.30. The maximum atomic E-state index is 5.43. The molecular formula is C21H37N5O3. The Morgan fingerprint density at radius 3 is 2.17 bits per heavy atom. The Kier molecular flexibility index (Phi) is 9.34. The predicted molar refractivity (Wildman–Crippen MR) is 117 cm³/mol. The van der Waals surface area contributed by atoms with Crippen molar-refractivity contribution in [3.8, 4) is 17.2 Å². The van der Waals surface area contributed by atoms with Gasteiger partial charge in [0.15, 0.2) is 17.5 Å². The maximum Gasteiger partial charge on any atom is 0.203 e. The Labute approximate surface area is 175 Å². The van der Waals surface area contributed by atoms with Crippen LogP contribution in [0.1, 0.15) is 19.4 Å². The van der Waals surface area contributed by atoms with E-state index in [-0.39, 0.29) is 0 Å². The lowest BCUT2D eigenvalue weighted by Crippen LogP contribution is -2.52. The van der Waals surface area contributed by atoms with E-state index in [9.17, 15) is 0 Å². The molecule has 2 N–H and O–H groups in total. The lowest BCUT2D eigenvalue weighted by atomic mass is 10.2. The first-order valence-electron chi connectivity index (χ1n) is 10.3. The van der Waals surface area contributed by atoms with Crippen LogP contribution in [0.15, 0.2) is 17.1 Å². The summed E-state index contributed by atoms with van der Waals surface area (Å²) in [5.41, 5.74) is 0.990. The summed E-state index contributed by atoms with van der Waals surface area (Å²) in [5.74, 6) is 2.67. The van der Waals surface area contributed by atoms with E-state index in [1.165, 1.54) is 0 Å². The number of benzene rings is 1. The molecule has 1 atom stereocenters. The van der Waals surface area contributed by atoms with E-state index in [1.54, 1.807) is 21.3 Å². The van der Waals surface area contributed by atoms with Crippen LogP contribution in [0, 0.1) is 0 Å². The third-order valence-electron chi connectivity index (χ3n) is 5.21. The van der Waals surface area contributed by atoms with Gasteiger partial charge in [0.05, 0.1) is 27.9 Å². The molecule has 164 valence electrons. The van der Waals surface area contributed by atoms with E-state index >= 15 is 0 Å². The minimum absolute atomic E-state index is 0.453. The van der Waals surface area contributed by atoms with Gasteiger partial charge in [-0.1, -0.05) is 0 Å². The van der Waals surface area contributed by atoms with Gasteiger partial charge in [-0.2, -0.15) is 0 Å². The van der Waals surface area contributed by atoms with Crippen LogP contribution in [0.3, 0.4) is 0 Å². The molecule has 0 amide bonds. The summed E-state index contributed by atoms with van der Waals surface area (Å²) >= 11 is 0. The molecule has 0 bridgehead atoms. The smallest absolute Gasteiger partial charge is 0.203 e. The average Bonchev–Trinajstić information content (AvgIpc) is 2.74. The molecule has 2 rings (SSSR count). The quantitative estimate of drug-likeness (QED) is 0.474. The molecule has 0 saturated carbocycles. The number of hydrogen-bond acceptors (Lipinski definition) is 6. The number of hydrogen-bond donors (Lipinski definition) is 2. The molecule has 1 aliphatic rings. The van der Waals surface area contributed by atoms with Crippen LogP contribution in [-0.2, 0) is 6.54 Å². The van der Waals surface area contributed by atoms with Gasteiger partial charge in [0, 0.05) is 45.3 Å². The minimum atomic E-state index is 0.453. The number of likely N-dealkylation sites (N-methyl/N-ethyl adjacent to an activating group) is 1. The summed E-state index contributed by atoms with van der Waals surface area (Å²) in [7, 11) is 7.03. The molecule has 0 aliphatic carbocycles. The topological polar surface area (TPSA) is 70.6 Å². The van der Waals surface area contributed by atoms with Crippen LogP contribution >= 0.6 is 0 Å². The van der Waals surface area contributed by atoms with Crippen molar-refractivity contribution in [2.45, 2.75) is 26.4 Å². The van der Waals surface area contributed by atoms with Gasteiger partial charge in [-0.15, -0.1) is 0 Å². The molecule has 8 heteroatoms. The SMILES string of the molecule is CCNC(=NCc1cc(OC)c(OC)c(OC)c1)NCC(C)N1CCN(C)CC1. The summed E-state index contributed by atoms with van der Waals surface area (Å²) in [6, 6.07) is 4.32. The molecule has 1 heterocycles. The summed E-state index contributed by atoms with van der Waals surface area (Å²) < 4.78 is 16.3. The lowest BCUT2D eigenvalue weighted by Gasteiger charge is -2.36. The summed E-state index contributed by atoms with van der Waals surface area (Å²) in [6.07, 6.45) is 0. The second-order valence-corrected chi connectivity index (χ2v) is 7.30. The normalized spacial score (nSPS) is 17.0. The zero-order chi connectivity index (χ0) is 21.2. The molecule has 1 aromatic carbocycles. The minimum Gasteiger partial charge on any atom is -0.493 e. The first-order chi connectivity index (χ1) is 14.0. The largest absolute Gasteiger partial charge is 0.493 e. The Bertz CT molecular complexity index is 635. The fourth-order valence-corrected chi connectivity index (χ4v) is 3.37. The van der Waals surface area contributed by atoms with Crippen LogP contribution in [0.2, 0.25) is 0 Å². The van der Waals surface area contributed by atoms with E-state index in [1.807, 2.05) is 12.1 Å². The van der Waals surface area contributed by atoms with Crippen LogP contribution < -0.4 is 24.8 Å². The Balaban J connectivity index is 2.01. The highest BCUT2D eigenvalue weighted by atomic mass is 16.5. The van der Waals surface area contributed by atoms with E-state index in [4.69, 9.17) is 19.2 Å². The molecule has 1 aliphatic heterocycles. The first kappa shape index (κ1) is 23.1. The van der Waals surface area contributed by atoms with Crippen molar-refractivity contribution in [3.05, 3.63) is 17.7 Å². The molecule has 8 nitrogen and oxygen atoms in total. The van der Waals surface area contributed by atoms with E-state index < -0.39 is 0 Å². The average molecular weight is 408 g/mol. The van der Waals surface area contributed by atoms with Crippen molar-refractivity contribution in [1.29, 1.82) is 0 Å². The predicted octanol–water partition coefficient (Wildman–Crippen LogP) is 1.40. The van der Waals surface area contributed by atoms with Gasteiger partial charge in [-0.3, -0.25) is 4.90 Å². The number of nitrogens with one attached hydrogen (secondary N) is 2. The number of aliphatic imine (C=N–C) groups is 1. The van der Waals surface area contributed by atoms with Crippen LogP contribution in [-0.4, -0.2) is 89.4 Å². The van der Waals surface area contributed by atoms with Gasteiger partial charge in [0.2, 0.25) is 5.75 Å². The summed E-state index contributed by atoms with van der Waals surface area (Å²) in [5, 5.41) is 6.80. The lowest BCUT2D eigenvalue weighted by molar-refractivity contribution is 0.120. The third-order valence-corrected chi connectivity index (χ3v) is 5.21.